The van der Waals surface area contributed by atoms with E-state index in [-0.39, 0.29) is 11.5 Å². The Balaban J connectivity index is 1.27. The summed E-state index contributed by atoms with van der Waals surface area (Å²) in [5, 5.41) is 7.67. The number of H-pyrrole nitrogens is 1. The topological polar surface area (TPSA) is 102 Å². The number of nitrogens with one attached hydrogen (secondary N) is 2. The molecule has 5 rings (SSSR count). The molecule has 2 aromatic carbocycles. The third kappa shape index (κ3) is 4.64. The third-order valence-corrected chi connectivity index (χ3v) is 5.92. The molecule has 0 aliphatic heterocycles. The minimum absolute atomic E-state index is 0.105. The summed E-state index contributed by atoms with van der Waals surface area (Å²) in [6.45, 7) is 0. The van der Waals surface area contributed by atoms with Crippen LogP contribution in [-0.2, 0) is 11.2 Å². The van der Waals surface area contributed by atoms with E-state index in [1.165, 1.54) is 25.4 Å². The van der Waals surface area contributed by atoms with Crippen LogP contribution < -0.4 is 15.6 Å². The number of carbonyl (C=O) groups is 1. The predicted molar refractivity (Wildman–Crippen MR) is 126 cm³/mol. The number of rotatable bonds is 7. The number of para-hydroxylation sites is 2. The maximum absolute atomic E-state index is 12.7. The quantitative estimate of drug-likeness (QED) is 0.450. The number of nitrogens with zero attached hydrogens (tertiary/aromatic N) is 3. The van der Waals surface area contributed by atoms with E-state index < -0.39 is 0 Å². The van der Waals surface area contributed by atoms with Crippen LogP contribution in [0.15, 0.2) is 65.8 Å². The monoisotopic (exact) mass is 443 g/mol. The first-order valence-corrected chi connectivity index (χ1v) is 11.2. The van der Waals surface area contributed by atoms with Crippen LogP contribution >= 0.6 is 0 Å². The molecule has 8 nitrogen and oxygen atoms in total. The van der Waals surface area contributed by atoms with E-state index in [0.29, 0.717) is 41.4 Å². The first kappa shape index (κ1) is 20.9. The molecule has 2 heterocycles. The van der Waals surface area contributed by atoms with Gasteiger partial charge >= 0.3 is 0 Å². The molecule has 168 valence electrons. The Bertz CT molecular complexity index is 1340. The van der Waals surface area contributed by atoms with Crippen molar-refractivity contribution in [3.63, 3.8) is 0 Å². The molecule has 0 unspecified atom stereocenters. The summed E-state index contributed by atoms with van der Waals surface area (Å²) < 4.78 is 7.64. The van der Waals surface area contributed by atoms with E-state index in [9.17, 15) is 9.59 Å². The number of aromatic amines is 1. The van der Waals surface area contributed by atoms with Gasteiger partial charge in [0.1, 0.15) is 11.1 Å². The molecule has 0 saturated heterocycles. The highest BCUT2D eigenvalue weighted by Crippen LogP contribution is 2.25. The summed E-state index contributed by atoms with van der Waals surface area (Å²) in [4.78, 5) is 31.5. The molecule has 1 fully saturated rings. The SMILES string of the molecule is O=C(CCc1cccc(OC2CCCC2)c1)Nc1ccccc1-n1ncc2c(=O)[nH]cnc21. The average molecular weight is 444 g/mol. The summed E-state index contributed by atoms with van der Waals surface area (Å²) in [6.07, 6.45) is 8.75. The van der Waals surface area contributed by atoms with Gasteiger partial charge in [0.05, 0.1) is 30.0 Å². The van der Waals surface area contributed by atoms with Crippen molar-refractivity contribution in [3.05, 3.63) is 77.0 Å². The number of benzene rings is 2. The van der Waals surface area contributed by atoms with Crippen LogP contribution in [0.2, 0.25) is 0 Å². The van der Waals surface area contributed by atoms with Gasteiger partial charge in [0.2, 0.25) is 5.91 Å². The largest absolute Gasteiger partial charge is 0.490 e. The van der Waals surface area contributed by atoms with E-state index >= 15 is 0 Å². The van der Waals surface area contributed by atoms with Gasteiger partial charge in [-0.2, -0.15) is 5.10 Å². The number of aromatic nitrogens is 4. The Hall–Kier alpha value is -3.94. The Morgan fingerprint density at radius 3 is 2.88 bits per heavy atom. The second kappa shape index (κ2) is 9.28. The lowest BCUT2D eigenvalue weighted by atomic mass is 10.1. The van der Waals surface area contributed by atoms with Gasteiger partial charge in [-0.3, -0.25) is 9.59 Å². The lowest BCUT2D eigenvalue weighted by molar-refractivity contribution is -0.116. The van der Waals surface area contributed by atoms with E-state index in [4.69, 9.17) is 4.74 Å². The number of anilines is 1. The Morgan fingerprint density at radius 1 is 1.15 bits per heavy atom. The van der Waals surface area contributed by atoms with Crippen LogP contribution in [0, 0.1) is 0 Å². The normalized spacial score (nSPS) is 13.9. The van der Waals surface area contributed by atoms with Crippen LogP contribution in [0.5, 0.6) is 5.75 Å². The number of ether oxygens (including phenoxy) is 1. The fourth-order valence-corrected chi connectivity index (χ4v) is 4.24. The second-order valence-corrected chi connectivity index (χ2v) is 8.26. The van der Waals surface area contributed by atoms with Crippen LogP contribution in [0.1, 0.15) is 37.7 Å². The average Bonchev–Trinajstić information content (AvgIpc) is 3.49. The summed E-state index contributed by atoms with van der Waals surface area (Å²) in [5.41, 5.74) is 2.49. The fourth-order valence-electron chi connectivity index (χ4n) is 4.24. The molecule has 1 amide bonds. The molecule has 1 saturated carbocycles. The van der Waals surface area contributed by atoms with Gasteiger partial charge in [0, 0.05) is 6.42 Å². The van der Waals surface area contributed by atoms with Gasteiger partial charge < -0.3 is 15.0 Å². The fraction of sp³-hybridized carbons (Fsp3) is 0.280. The van der Waals surface area contributed by atoms with Crippen molar-refractivity contribution < 1.29 is 9.53 Å². The van der Waals surface area contributed by atoms with Gasteiger partial charge in [-0.05, 0) is 61.9 Å². The van der Waals surface area contributed by atoms with Crippen molar-refractivity contribution in [1.29, 1.82) is 0 Å². The van der Waals surface area contributed by atoms with E-state index in [2.05, 4.69) is 20.4 Å². The van der Waals surface area contributed by atoms with Crippen LogP contribution in [-0.4, -0.2) is 31.8 Å². The van der Waals surface area contributed by atoms with E-state index in [1.807, 2.05) is 48.5 Å². The number of carbonyl (C=O) groups excluding carboxylic acids is 1. The molecule has 4 aromatic rings. The highest BCUT2D eigenvalue weighted by atomic mass is 16.5. The third-order valence-electron chi connectivity index (χ3n) is 5.92. The molecular formula is C25H25N5O3. The van der Waals surface area contributed by atoms with Crippen LogP contribution in [0.25, 0.3) is 16.7 Å². The number of aryl methyl sites for hydroxylation is 1. The number of hydrogen-bond acceptors (Lipinski definition) is 5. The molecule has 0 atom stereocenters. The van der Waals surface area contributed by atoms with Crippen molar-refractivity contribution in [1.82, 2.24) is 19.7 Å². The van der Waals surface area contributed by atoms with Gasteiger partial charge in [-0.1, -0.05) is 24.3 Å². The first-order chi connectivity index (χ1) is 16.2. The van der Waals surface area contributed by atoms with Crippen molar-refractivity contribution >= 4 is 22.6 Å². The van der Waals surface area contributed by atoms with E-state index in [0.717, 1.165) is 24.2 Å². The van der Waals surface area contributed by atoms with Crippen molar-refractivity contribution in [2.75, 3.05) is 5.32 Å². The zero-order chi connectivity index (χ0) is 22.6. The molecule has 33 heavy (non-hydrogen) atoms. The van der Waals surface area contributed by atoms with Gasteiger partial charge in [-0.15, -0.1) is 0 Å². The van der Waals surface area contributed by atoms with Crippen molar-refractivity contribution in [2.45, 2.75) is 44.6 Å². The molecule has 0 radical (unpaired) electrons. The van der Waals surface area contributed by atoms with E-state index in [1.54, 1.807) is 4.68 Å². The highest BCUT2D eigenvalue weighted by Gasteiger charge is 2.17. The lowest BCUT2D eigenvalue weighted by Crippen LogP contribution is -2.15. The Labute approximate surface area is 190 Å². The minimum Gasteiger partial charge on any atom is -0.490 e. The molecule has 0 bridgehead atoms. The maximum Gasteiger partial charge on any atom is 0.261 e. The summed E-state index contributed by atoms with van der Waals surface area (Å²) >= 11 is 0. The molecule has 8 heteroatoms. The lowest BCUT2D eigenvalue weighted by Gasteiger charge is -2.14. The second-order valence-electron chi connectivity index (χ2n) is 8.26. The number of amides is 1. The Kier molecular flexibility index (Phi) is 5.89. The Morgan fingerprint density at radius 2 is 2.00 bits per heavy atom. The minimum atomic E-state index is -0.257. The van der Waals surface area contributed by atoms with Gasteiger partial charge in [0.25, 0.3) is 5.56 Å². The first-order valence-electron chi connectivity index (χ1n) is 11.2. The summed E-state index contributed by atoms with van der Waals surface area (Å²) in [7, 11) is 0. The number of fused-ring (bicyclic) bond motifs is 1. The number of hydrogen-bond donors (Lipinski definition) is 2. The molecule has 2 N–H and O–H groups in total. The summed E-state index contributed by atoms with van der Waals surface area (Å²) in [6, 6.07) is 15.3. The predicted octanol–water partition coefficient (Wildman–Crippen LogP) is 4.00. The standard InChI is InChI=1S/C25H25N5O3/c31-23(13-12-17-6-5-9-19(14-17)33-18-7-1-2-8-18)29-21-10-3-4-11-22(21)30-24-20(15-28-30)25(32)27-16-26-24/h3-6,9-11,14-16,18H,1-2,7-8,12-13H2,(H,29,31)(H,26,27,32). The van der Waals surface area contributed by atoms with Crippen LogP contribution in [0.4, 0.5) is 5.69 Å². The van der Waals surface area contributed by atoms with Crippen LogP contribution in [0.3, 0.4) is 0 Å². The van der Waals surface area contributed by atoms with Gasteiger partial charge in [-0.25, -0.2) is 9.67 Å². The maximum atomic E-state index is 12.7. The molecular weight excluding hydrogens is 418 g/mol. The zero-order valence-corrected chi connectivity index (χ0v) is 18.2. The zero-order valence-electron chi connectivity index (χ0n) is 18.2. The van der Waals surface area contributed by atoms with Crippen molar-refractivity contribution in [3.8, 4) is 11.4 Å². The highest BCUT2D eigenvalue weighted by molar-refractivity contribution is 5.93. The van der Waals surface area contributed by atoms with Gasteiger partial charge in [0.15, 0.2) is 5.65 Å². The molecule has 1 aliphatic rings. The smallest absolute Gasteiger partial charge is 0.261 e. The molecule has 0 spiro atoms. The molecule has 1 aliphatic carbocycles. The summed E-state index contributed by atoms with van der Waals surface area (Å²) in [5.74, 6) is 0.769. The van der Waals surface area contributed by atoms with Crippen molar-refractivity contribution in [2.24, 2.45) is 0 Å². The molecule has 2 aromatic heterocycles.